The molecule has 4 rings (SSSR count). The van der Waals surface area contributed by atoms with Crippen molar-refractivity contribution in [2.24, 2.45) is 0 Å². The maximum atomic E-state index is 13.4. The van der Waals surface area contributed by atoms with Gasteiger partial charge in [-0.05, 0) is 62.9 Å². The lowest BCUT2D eigenvalue weighted by atomic mass is 10.0. The number of nitrogens with zero attached hydrogens (tertiary/aromatic N) is 2. The summed E-state index contributed by atoms with van der Waals surface area (Å²) in [6.07, 6.45) is 2.77. The lowest BCUT2D eigenvalue weighted by Crippen LogP contribution is -2.35. The fourth-order valence-electron chi connectivity index (χ4n) is 3.90. The van der Waals surface area contributed by atoms with E-state index in [1.165, 1.54) is 23.2 Å². The molecule has 0 saturated heterocycles. The van der Waals surface area contributed by atoms with Crippen molar-refractivity contribution in [2.45, 2.75) is 38.5 Å². The minimum absolute atomic E-state index is 0.0749. The standard InChI is InChI=1S/C23H24N2O3S2/c1-14-7-9-19(15(2)12-14)22-24-16(3)21(29-22)23(26)25-11-5-6-17-13-18(30(4,27)28)8-10-20(17)25/h7-10,12-13H,5-6,11H2,1-4H3. The molecule has 1 aliphatic heterocycles. The number of carbonyl (C=O) groups excluding carboxylic acids is 1. The van der Waals surface area contributed by atoms with Crippen LogP contribution in [0.4, 0.5) is 5.69 Å². The molecular formula is C23H24N2O3S2. The highest BCUT2D eigenvalue weighted by atomic mass is 32.2. The van der Waals surface area contributed by atoms with Crippen LogP contribution in [0.1, 0.15) is 38.5 Å². The highest BCUT2D eigenvalue weighted by molar-refractivity contribution is 7.90. The molecule has 0 saturated carbocycles. The van der Waals surface area contributed by atoms with E-state index in [1.54, 1.807) is 23.1 Å². The van der Waals surface area contributed by atoms with Gasteiger partial charge < -0.3 is 4.90 Å². The van der Waals surface area contributed by atoms with E-state index in [0.717, 1.165) is 45.9 Å². The van der Waals surface area contributed by atoms with E-state index in [9.17, 15) is 13.2 Å². The Morgan fingerprint density at radius 1 is 1.10 bits per heavy atom. The summed E-state index contributed by atoms with van der Waals surface area (Å²) in [6, 6.07) is 11.3. The molecule has 156 valence electrons. The molecule has 1 aliphatic rings. The van der Waals surface area contributed by atoms with Gasteiger partial charge in [0, 0.05) is 24.1 Å². The number of fused-ring (bicyclic) bond motifs is 1. The summed E-state index contributed by atoms with van der Waals surface area (Å²) in [5, 5.41) is 0.845. The van der Waals surface area contributed by atoms with Crippen LogP contribution in [0, 0.1) is 20.8 Å². The first-order chi connectivity index (χ1) is 14.1. The molecule has 0 fully saturated rings. The predicted molar refractivity (Wildman–Crippen MR) is 121 cm³/mol. The van der Waals surface area contributed by atoms with Crippen LogP contribution in [0.3, 0.4) is 0 Å². The first kappa shape index (κ1) is 20.8. The first-order valence-corrected chi connectivity index (χ1v) is 12.6. The normalized spacial score (nSPS) is 13.9. The molecule has 3 aromatic rings. The number of carbonyl (C=O) groups is 1. The molecule has 1 amide bonds. The third kappa shape index (κ3) is 3.79. The molecule has 2 aromatic carbocycles. The largest absolute Gasteiger partial charge is 0.307 e. The van der Waals surface area contributed by atoms with Gasteiger partial charge in [0.05, 0.1) is 10.6 Å². The Balaban J connectivity index is 1.71. The van der Waals surface area contributed by atoms with Crippen LogP contribution in [0.5, 0.6) is 0 Å². The Morgan fingerprint density at radius 2 is 1.87 bits per heavy atom. The number of aromatic nitrogens is 1. The number of hydrogen-bond donors (Lipinski definition) is 0. The van der Waals surface area contributed by atoms with Crippen molar-refractivity contribution >= 4 is 32.8 Å². The summed E-state index contributed by atoms with van der Waals surface area (Å²) in [4.78, 5) is 20.8. The summed E-state index contributed by atoms with van der Waals surface area (Å²) in [6.45, 7) is 6.59. The first-order valence-electron chi connectivity index (χ1n) is 9.85. The summed E-state index contributed by atoms with van der Waals surface area (Å²) in [5.74, 6) is -0.0749. The lowest BCUT2D eigenvalue weighted by molar-refractivity contribution is 0.0988. The van der Waals surface area contributed by atoms with E-state index < -0.39 is 9.84 Å². The molecule has 2 heterocycles. The van der Waals surface area contributed by atoms with Crippen LogP contribution in [-0.2, 0) is 16.3 Å². The van der Waals surface area contributed by atoms with E-state index in [1.807, 2.05) is 6.92 Å². The second-order valence-corrected chi connectivity index (χ2v) is 10.9. The zero-order valence-electron chi connectivity index (χ0n) is 17.5. The van der Waals surface area contributed by atoms with Crippen molar-refractivity contribution in [1.82, 2.24) is 4.98 Å². The molecule has 1 aromatic heterocycles. The van der Waals surface area contributed by atoms with Gasteiger partial charge in [-0.1, -0.05) is 23.8 Å². The smallest absolute Gasteiger partial charge is 0.270 e. The molecule has 0 N–H and O–H groups in total. The van der Waals surface area contributed by atoms with Crippen LogP contribution in [0.2, 0.25) is 0 Å². The van der Waals surface area contributed by atoms with E-state index in [-0.39, 0.29) is 5.91 Å². The molecule has 30 heavy (non-hydrogen) atoms. The van der Waals surface area contributed by atoms with Gasteiger partial charge in [-0.3, -0.25) is 4.79 Å². The average Bonchev–Trinajstić information content (AvgIpc) is 3.07. The van der Waals surface area contributed by atoms with Gasteiger partial charge >= 0.3 is 0 Å². The van der Waals surface area contributed by atoms with Crippen molar-refractivity contribution in [3.05, 3.63) is 63.7 Å². The molecule has 0 spiro atoms. The third-order valence-electron chi connectivity index (χ3n) is 5.45. The number of sulfone groups is 1. The molecule has 0 atom stereocenters. The van der Waals surface area contributed by atoms with Gasteiger partial charge in [0.15, 0.2) is 9.84 Å². The van der Waals surface area contributed by atoms with Crippen molar-refractivity contribution in [1.29, 1.82) is 0 Å². The zero-order chi connectivity index (χ0) is 21.6. The van der Waals surface area contributed by atoms with E-state index in [2.05, 4.69) is 37.0 Å². The SMILES string of the molecule is Cc1ccc(-c2nc(C)c(C(=O)N3CCCc4cc(S(C)(=O)=O)ccc43)s2)c(C)c1. The Morgan fingerprint density at radius 3 is 2.57 bits per heavy atom. The second-order valence-electron chi connectivity index (χ2n) is 7.87. The second kappa shape index (κ2) is 7.63. The van der Waals surface area contributed by atoms with Crippen molar-refractivity contribution in [3.63, 3.8) is 0 Å². The Bertz CT molecular complexity index is 1260. The quantitative estimate of drug-likeness (QED) is 0.590. The maximum Gasteiger partial charge on any atom is 0.270 e. The van der Waals surface area contributed by atoms with E-state index >= 15 is 0 Å². The van der Waals surface area contributed by atoms with Crippen molar-refractivity contribution < 1.29 is 13.2 Å². The van der Waals surface area contributed by atoms with Gasteiger partial charge in [-0.15, -0.1) is 11.3 Å². The fraction of sp³-hybridized carbons (Fsp3) is 0.304. The van der Waals surface area contributed by atoms with Gasteiger partial charge in [0.1, 0.15) is 9.88 Å². The average molecular weight is 441 g/mol. The lowest BCUT2D eigenvalue weighted by Gasteiger charge is -2.29. The van der Waals surface area contributed by atoms with Crippen LogP contribution < -0.4 is 4.90 Å². The molecule has 7 heteroatoms. The Labute approximate surface area is 181 Å². The number of amides is 1. The minimum Gasteiger partial charge on any atom is -0.307 e. The minimum atomic E-state index is -3.28. The molecule has 0 bridgehead atoms. The van der Waals surface area contributed by atoms with Crippen LogP contribution in [0.15, 0.2) is 41.3 Å². The topological polar surface area (TPSA) is 67.3 Å². The summed E-state index contributed by atoms with van der Waals surface area (Å²) in [7, 11) is -3.28. The predicted octanol–water partition coefficient (Wildman–Crippen LogP) is 4.73. The number of hydrogen-bond acceptors (Lipinski definition) is 5. The van der Waals surface area contributed by atoms with Gasteiger partial charge in [0.2, 0.25) is 0 Å². The zero-order valence-corrected chi connectivity index (χ0v) is 19.2. The van der Waals surface area contributed by atoms with Gasteiger partial charge in [-0.25, -0.2) is 13.4 Å². The number of benzene rings is 2. The van der Waals surface area contributed by atoms with Gasteiger partial charge in [0.25, 0.3) is 5.91 Å². The third-order valence-corrected chi connectivity index (χ3v) is 7.73. The highest BCUT2D eigenvalue weighted by Crippen LogP contribution is 2.35. The van der Waals surface area contributed by atoms with Crippen LogP contribution in [-0.4, -0.2) is 32.1 Å². The monoisotopic (exact) mass is 440 g/mol. The number of thiazole rings is 1. The van der Waals surface area contributed by atoms with E-state index in [0.29, 0.717) is 16.3 Å². The maximum absolute atomic E-state index is 13.4. The molecule has 0 unspecified atom stereocenters. The fourth-order valence-corrected chi connectivity index (χ4v) is 5.68. The Hall–Kier alpha value is -2.51. The molecule has 0 aliphatic carbocycles. The van der Waals surface area contributed by atoms with Crippen LogP contribution in [0.25, 0.3) is 10.6 Å². The number of rotatable bonds is 3. The number of aryl methyl sites for hydroxylation is 4. The number of anilines is 1. The highest BCUT2D eigenvalue weighted by Gasteiger charge is 2.28. The van der Waals surface area contributed by atoms with Crippen molar-refractivity contribution in [2.75, 3.05) is 17.7 Å². The summed E-state index contributed by atoms with van der Waals surface area (Å²) in [5.41, 5.74) is 5.79. The van der Waals surface area contributed by atoms with E-state index in [4.69, 9.17) is 0 Å². The summed E-state index contributed by atoms with van der Waals surface area (Å²) >= 11 is 1.42. The van der Waals surface area contributed by atoms with Crippen molar-refractivity contribution in [3.8, 4) is 10.6 Å². The summed E-state index contributed by atoms with van der Waals surface area (Å²) < 4.78 is 23.8. The molecule has 0 radical (unpaired) electrons. The molecule has 5 nitrogen and oxygen atoms in total. The molecular weight excluding hydrogens is 416 g/mol. The van der Waals surface area contributed by atoms with Crippen LogP contribution >= 0.6 is 11.3 Å². The van der Waals surface area contributed by atoms with Gasteiger partial charge in [-0.2, -0.15) is 0 Å². The Kier molecular flexibility index (Phi) is 5.28.